The number of hydrogen-bond acceptors (Lipinski definition) is 5. The van der Waals surface area contributed by atoms with Crippen molar-refractivity contribution in [3.8, 4) is 11.5 Å². The third kappa shape index (κ3) is 4.88. The molecule has 0 saturated carbocycles. The summed E-state index contributed by atoms with van der Waals surface area (Å²) in [5.41, 5.74) is 8.93. The zero-order chi connectivity index (χ0) is 19.9. The molecule has 1 atom stereocenters. The van der Waals surface area contributed by atoms with E-state index in [1.54, 1.807) is 13.3 Å². The van der Waals surface area contributed by atoms with Crippen LogP contribution in [0, 0.1) is 6.92 Å². The number of fused-ring (bicyclic) bond motifs is 1. The number of hydrogen-bond donors (Lipinski definition) is 3. The lowest BCUT2D eigenvalue weighted by molar-refractivity contribution is -0.121. The van der Waals surface area contributed by atoms with E-state index < -0.39 is 6.04 Å². The lowest BCUT2D eigenvalue weighted by Crippen LogP contribution is -2.28. The molecule has 7 heteroatoms. The molecule has 3 rings (SSSR count). The fourth-order valence-electron chi connectivity index (χ4n) is 3.04. The molecule has 148 valence electrons. The Morgan fingerprint density at radius 3 is 3.04 bits per heavy atom. The Hall–Kier alpha value is -2.90. The number of amides is 1. The zero-order valence-electron chi connectivity index (χ0n) is 16.2. The largest absolute Gasteiger partial charge is 0.457 e. The lowest BCUT2D eigenvalue weighted by Gasteiger charge is -2.14. The van der Waals surface area contributed by atoms with Gasteiger partial charge in [-0.2, -0.15) is 0 Å². The summed E-state index contributed by atoms with van der Waals surface area (Å²) in [6.45, 7) is 3.20. The molecule has 0 aliphatic heterocycles. The van der Waals surface area contributed by atoms with Crippen LogP contribution in [0.15, 0.2) is 42.7 Å². The highest BCUT2D eigenvalue weighted by molar-refractivity contribution is 5.86. The number of nitrogens with two attached hydrogens (primary N) is 1. The Labute approximate surface area is 164 Å². The number of pyridine rings is 1. The first-order valence-electron chi connectivity index (χ1n) is 9.30. The highest BCUT2D eigenvalue weighted by Crippen LogP contribution is 2.31. The predicted molar refractivity (Wildman–Crippen MR) is 108 cm³/mol. The molecule has 1 amide bonds. The van der Waals surface area contributed by atoms with Gasteiger partial charge in [0, 0.05) is 45.1 Å². The van der Waals surface area contributed by atoms with E-state index in [9.17, 15) is 4.79 Å². The highest BCUT2D eigenvalue weighted by Gasteiger charge is 2.13. The number of H-pyrrole nitrogens is 1. The third-order valence-corrected chi connectivity index (χ3v) is 4.50. The van der Waals surface area contributed by atoms with Crippen molar-refractivity contribution < 1.29 is 14.3 Å². The fourth-order valence-corrected chi connectivity index (χ4v) is 3.04. The van der Waals surface area contributed by atoms with E-state index in [0.29, 0.717) is 18.9 Å². The van der Waals surface area contributed by atoms with Crippen LogP contribution in [0.4, 0.5) is 0 Å². The first-order chi connectivity index (χ1) is 13.6. The van der Waals surface area contributed by atoms with Gasteiger partial charge in [-0.25, -0.2) is 4.98 Å². The van der Waals surface area contributed by atoms with Gasteiger partial charge in [0.25, 0.3) is 0 Å². The third-order valence-electron chi connectivity index (χ3n) is 4.50. The zero-order valence-corrected chi connectivity index (χ0v) is 16.2. The molecule has 28 heavy (non-hydrogen) atoms. The average Bonchev–Trinajstić information content (AvgIpc) is 3.07. The summed E-state index contributed by atoms with van der Waals surface area (Å²) >= 11 is 0. The van der Waals surface area contributed by atoms with Crippen LogP contribution in [0.1, 0.15) is 30.0 Å². The molecule has 0 spiro atoms. The number of aromatic amines is 1. The summed E-state index contributed by atoms with van der Waals surface area (Å²) in [7, 11) is 1.64. The number of aromatic nitrogens is 2. The maximum absolute atomic E-state index is 12.0. The minimum Gasteiger partial charge on any atom is -0.457 e. The number of benzene rings is 1. The molecule has 1 aromatic carbocycles. The summed E-state index contributed by atoms with van der Waals surface area (Å²) in [4.78, 5) is 19.5. The van der Waals surface area contributed by atoms with Gasteiger partial charge in [0.1, 0.15) is 17.1 Å². The number of nitrogens with zero attached hydrogens (tertiary/aromatic N) is 1. The molecular weight excluding hydrogens is 356 g/mol. The molecule has 7 nitrogen and oxygen atoms in total. The van der Waals surface area contributed by atoms with E-state index in [2.05, 4.69) is 15.3 Å². The van der Waals surface area contributed by atoms with E-state index in [1.807, 2.05) is 43.5 Å². The molecule has 2 aromatic heterocycles. The fraction of sp³-hybridized carbons (Fsp3) is 0.333. The van der Waals surface area contributed by atoms with Crippen molar-refractivity contribution in [1.29, 1.82) is 0 Å². The molecule has 0 radical (unpaired) electrons. The van der Waals surface area contributed by atoms with E-state index in [0.717, 1.165) is 34.3 Å². The van der Waals surface area contributed by atoms with Crippen LogP contribution in [0.3, 0.4) is 0 Å². The molecule has 0 bridgehead atoms. The van der Waals surface area contributed by atoms with Crippen LogP contribution < -0.4 is 15.8 Å². The van der Waals surface area contributed by atoms with Crippen molar-refractivity contribution >= 4 is 16.9 Å². The van der Waals surface area contributed by atoms with Gasteiger partial charge in [0.15, 0.2) is 0 Å². The summed E-state index contributed by atoms with van der Waals surface area (Å²) in [6.07, 6.45) is 4.60. The SMILES string of the molecule is COCCCNC(=O)CC(N)c1cccc(Oc2ccnc3[nH]cc(C)c23)c1. The molecule has 2 heterocycles. The van der Waals surface area contributed by atoms with Crippen molar-refractivity contribution in [2.75, 3.05) is 20.3 Å². The van der Waals surface area contributed by atoms with Crippen molar-refractivity contribution in [2.45, 2.75) is 25.8 Å². The summed E-state index contributed by atoms with van der Waals surface area (Å²) in [6, 6.07) is 8.95. The van der Waals surface area contributed by atoms with Gasteiger partial charge in [-0.15, -0.1) is 0 Å². The summed E-state index contributed by atoms with van der Waals surface area (Å²) in [5, 5.41) is 3.81. The molecule has 0 aliphatic carbocycles. The minimum atomic E-state index is -0.405. The van der Waals surface area contributed by atoms with Crippen LogP contribution in [-0.2, 0) is 9.53 Å². The minimum absolute atomic E-state index is 0.0753. The predicted octanol–water partition coefficient (Wildman–Crippen LogP) is 3.21. The smallest absolute Gasteiger partial charge is 0.221 e. The van der Waals surface area contributed by atoms with E-state index in [4.69, 9.17) is 15.2 Å². The monoisotopic (exact) mass is 382 g/mol. The van der Waals surface area contributed by atoms with Gasteiger partial charge in [0.2, 0.25) is 5.91 Å². The molecule has 1 unspecified atom stereocenters. The quantitative estimate of drug-likeness (QED) is 0.493. The van der Waals surface area contributed by atoms with Crippen LogP contribution in [-0.4, -0.2) is 36.1 Å². The molecule has 4 N–H and O–H groups in total. The lowest BCUT2D eigenvalue weighted by atomic mass is 10.0. The Kier molecular flexibility index (Phi) is 6.62. The van der Waals surface area contributed by atoms with Gasteiger partial charge >= 0.3 is 0 Å². The molecule has 0 saturated heterocycles. The number of aryl methyl sites for hydroxylation is 1. The van der Waals surface area contributed by atoms with Crippen LogP contribution in [0.5, 0.6) is 11.5 Å². The molecule has 0 aliphatic rings. The molecule has 3 aromatic rings. The number of carbonyl (C=O) groups is 1. The number of methoxy groups -OCH3 is 1. The second-order valence-corrected chi connectivity index (χ2v) is 6.69. The molecular formula is C21H26N4O3. The van der Waals surface area contributed by atoms with Gasteiger partial charge in [-0.05, 0) is 42.7 Å². The maximum Gasteiger partial charge on any atom is 0.221 e. The molecule has 0 fully saturated rings. The first-order valence-corrected chi connectivity index (χ1v) is 9.30. The first kappa shape index (κ1) is 19.9. The second-order valence-electron chi connectivity index (χ2n) is 6.69. The van der Waals surface area contributed by atoms with E-state index >= 15 is 0 Å². The Morgan fingerprint density at radius 1 is 1.36 bits per heavy atom. The topological polar surface area (TPSA) is 102 Å². The summed E-state index contributed by atoms with van der Waals surface area (Å²) < 4.78 is 11.1. The standard InChI is InChI=1S/C21H26N4O3/c1-14-13-25-21-20(14)18(7-9-24-21)28-16-6-3-5-15(11-16)17(22)12-19(26)23-8-4-10-27-2/h3,5-7,9,11,13,17H,4,8,10,12,22H2,1-2H3,(H,23,26)(H,24,25). The van der Waals surface area contributed by atoms with Crippen molar-refractivity contribution in [3.63, 3.8) is 0 Å². The van der Waals surface area contributed by atoms with Gasteiger partial charge < -0.3 is 25.5 Å². The van der Waals surface area contributed by atoms with Crippen molar-refractivity contribution in [2.24, 2.45) is 5.73 Å². The van der Waals surface area contributed by atoms with E-state index in [-0.39, 0.29) is 12.3 Å². The van der Waals surface area contributed by atoms with Gasteiger partial charge in [-0.1, -0.05) is 12.1 Å². The second kappa shape index (κ2) is 9.34. The Morgan fingerprint density at radius 2 is 2.21 bits per heavy atom. The Balaban J connectivity index is 1.66. The van der Waals surface area contributed by atoms with Crippen LogP contribution in [0.25, 0.3) is 11.0 Å². The van der Waals surface area contributed by atoms with Crippen molar-refractivity contribution in [1.82, 2.24) is 15.3 Å². The van der Waals surface area contributed by atoms with Crippen LogP contribution in [0.2, 0.25) is 0 Å². The van der Waals surface area contributed by atoms with Crippen LogP contribution >= 0.6 is 0 Å². The number of ether oxygens (including phenoxy) is 2. The number of rotatable bonds is 9. The number of carbonyl (C=O) groups excluding carboxylic acids is 1. The average molecular weight is 382 g/mol. The normalized spacial score (nSPS) is 12.1. The number of nitrogens with one attached hydrogen (secondary N) is 2. The maximum atomic E-state index is 12.0. The highest BCUT2D eigenvalue weighted by atomic mass is 16.5. The van der Waals surface area contributed by atoms with E-state index in [1.165, 1.54) is 0 Å². The van der Waals surface area contributed by atoms with Gasteiger partial charge in [0.05, 0.1) is 5.39 Å². The van der Waals surface area contributed by atoms with Gasteiger partial charge in [-0.3, -0.25) is 4.79 Å². The Bertz CT molecular complexity index is 938. The van der Waals surface area contributed by atoms with Crippen molar-refractivity contribution in [3.05, 3.63) is 53.9 Å². The summed E-state index contributed by atoms with van der Waals surface area (Å²) in [5.74, 6) is 1.32.